The molecule has 2 aromatic rings. The van der Waals surface area contributed by atoms with E-state index >= 15 is 0 Å². The molecule has 0 aromatic heterocycles. The summed E-state index contributed by atoms with van der Waals surface area (Å²) in [5.74, 6) is 5.01. The lowest BCUT2D eigenvalue weighted by molar-refractivity contribution is -0.120. The molecule has 0 aliphatic rings. The summed E-state index contributed by atoms with van der Waals surface area (Å²) in [5, 5.41) is 2.54. The van der Waals surface area contributed by atoms with Crippen molar-refractivity contribution in [3.63, 3.8) is 0 Å². The number of nitrogens with two attached hydrogens (primary N) is 4. The number of carbonyl (C=O) groups is 2. The maximum absolute atomic E-state index is 12.2. The molecule has 2 aromatic carbocycles. The molecule has 0 radical (unpaired) electrons. The fraction of sp³-hybridized carbons (Fsp3) is 0.227. The maximum Gasteiger partial charge on any atom is 0.251 e. The predicted octanol–water partition coefficient (Wildman–Crippen LogP) is 0.0792. The van der Waals surface area contributed by atoms with Gasteiger partial charge < -0.3 is 28.3 Å². The first kappa shape index (κ1) is 24.4. The smallest absolute Gasteiger partial charge is 0.251 e. The molecule has 0 aliphatic heterocycles. The van der Waals surface area contributed by atoms with Gasteiger partial charge in [-0.15, -0.1) is 0 Å². The topological polar surface area (TPSA) is 163 Å². The lowest BCUT2D eigenvalue weighted by Crippen LogP contribution is -2.53. The van der Waals surface area contributed by atoms with Gasteiger partial charge in [0, 0.05) is 22.7 Å². The Balaban J connectivity index is 0.00000218. The van der Waals surface area contributed by atoms with E-state index in [0.717, 1.165) is 16.7 Å². The van der Waals surface area contributed by atoms with Gasteiger partial charge in [-0.05, 0) is 55.9 Å². The molecule has 9 N–H and O–H groups in total. The zero-order valence-corrected chi connectivity index (χ0v) is 17.1. The minimum Gasteiger partial charge on any atom is -0.390 e. The molecule has 8 nitrogen and oxygen atoms in total. The SMILES string of the molecule is CC(N)C(NC(=O)c1ccc(C#Cc2ccc(CN=CN)cc2)cc1)C(N)=O.CN. The first-order valence-electron chi connectivity index (χ1n) is 9.25. The third-order valence-electron chi connectivity index (χ3n) is 3.95. The fourth-order valence-electron chi connectivity index (χ4n) is 2.39. The first-order valence-corrected chi connectivity index (χ1v) is 9.25. The molecule has 0 saturated heterocycles. The molecule has 0 aliphatic carbocycles. The summed E-state index contributed by atoms with van der Waals surface area (Å²) >= 11 is 0. The quantitative estimate of drug-likeness (QED) is 0.259. The summed E-state index contributed by atoms with van der Waals surface area (Å²) in [6, 6.07) is 12.9. The van der Waals surface area contributed by atoms with Crippen LogP contribution < -0.4 is 28.3 Å². The van der Waals surface area contributed by atoms with Crippen molar-refractivity contribution in [2.24, 2.45) is 27.9 Å². The van der Waals surface area contributed by atoms with Gasteiger partial charge in [0.05, 0.1) is 12.9 Å². The van der Waals surface area contributed by atoms with Crippen LogP contribution in [0.4, 0.5) is 0 Å². The number of hydrogen-bond donors (Lipinski definition) is 5. The van der Waals surface area contributed by atoms with Crippen LogP contribution in [0, 0.1) is 11.8 Å². The molecule has 2 amide bonds. The Bertz CT molecular complexity index is 909. The second-order valence-corrected chi connectivity index (χ2v) is 6.23. The predicted molar refractivity (Wildman–Crippen MR) is 119 cm³/mol. The van der Waals surface area contributed by atoms with E-state index in [1.54, 1.807) is 31.2 Å². The van der Waals surface area contributed by atoms with E-state index in [2.05, 4.69) is 27.9 Å². The molecule has 0 heterocycles. The number of rotatable bonds is 6. The molecule has 30 heavy (non-hydrogen) atoms. The summed E-state index contributed by atoms with van der Waals surface area (Å²) in [5.41, 5.74) is 23.7. The molecule has 2 unspecified atom stereocenters. The summed E-state index contributed by atoms with van der Waals surface area (Å²) in [6.45, 7) is 2.14. The monoisotopic (exact) mass is 408 g/mol. The molecule has 0 bridgehead atoms. The van der Waals surface area contributed by atoms with E-state index in [9.17, 15) is 9.59 Å². The van der Waals surface area contributed by atoms with Crippen molar-refractivity contribution in [2.45, 2.75) is 25.6 Å². The summed E-state index contributed by atoms with van der Waals surface area (Å²) in [6.07, 6.45) is 1.28. The second kappa shape index (κ2) is 12.7. The lowest BCUT2D eigenvalue weighted by Gasteiger charge is -2.18. The number of amides is 2. The largest absolute Gasteiger partial charge is 0.390 e. The number of aliphatic imine (C=N–C) groups is 1. The lowest BCUT2D eigenvalue weighted by atomic mass is 10.1. The van der Waals surface area contributed by atoms with Gasteiger partial charge in [0.15, 0.2) is 0 Å². The van der Waals surface area contributed by atoms with E-state index in [1.807, 2.05) is 24.3 Å². The molecular weight excluding hydrogens is 380 g/mol. The van der Waals surface area contributed by atoms with Crippen LogP contribution in [0.2, 0.25) is 0 Å². The number of nitrogens with one attached hydrogen (secondary N) is 1. The van der Waals surface area contributed by atoms with Gasteiger partial charge in [0.1, 0.15) is 6.04 Å². The average Bonchev–Trinajstić information content (AvgIpc) is 2.76. The highest BCUT2D eigenvalue weighted by Crippen LogP contribution is 2.07. The average molecular weight is 409 g/mol. The van der Waals surface area contributed by atoms with Crippen LogP contribution in [0.3, 0.4) is 0 Å². The zero-order chi connectivity index (χ0) is 22.5. The van der Waals surface area contributed by atoms with Gasteiger partial charge in [-0.3, -0.25) is 14.6 Å². The highest BCUT2D eigenvalue weighted by atomic mass is 16.2. The third-order valence-corrected chi connectivity index (χ3v) is 3.95. The number of carbonyl (C=O) groups excluding carboxylic acids is 2. The fourth-order valence-corrected chi connectivity index (χ4v) is 2.39. The second-order valence-electron chi connectivity index (χ2n) is 6.23. The van der Waals surface area contributed by atoms with E-state index in [0.29, 0.717) is 12.1 Å². The van der Waals surface area contributed by atoms with Crippen LogP contribution in [0.25, 0.3) is 0 Å². The van der Waals surface area contributed by atoms with Crippen molar-refractivity contribution < 1.29 is 9.59 Å². The number of primary amides is 1. The Morgan fingerprint density at radius 3 is 1.97 bits per heavy atom. The minimum absolute atomic E-state index is 0.391. The Morgan fingerprint density at radius 2 is 1.53 bits per heavy atom. The number of benzene rings is 2. The van der Waals surface area contributed by atoms with Crippen LogP contribution in [0.5, 0.6) is 0 Å². The van der Waals surface area contributed by atoms with Gasteiger partial charge in [0.2, 0.25) is 5.91 Å². The van der Waals surface area contributed by atoms with Crippen LogP contribution >= 0.6 is 0 Å². The molecule has 2 atom stereocenters. The number of nitrogens with zero attached hydrogens (tertiary/aromatic N) is 1. The van der Waals surface area contributed by atoms with Crippen molar-refractivity contribution >= 4 is 18.2 Å². The summed E-state index contributed by atoms with van der Waals surface area (Å²) in [4.78, 5) is 27.6. The number of hydrogen-bond acceptors (Lipinski definition) is 5. The third kappa shape index (κ3) is 7.75. The van der Waals surface area contributed by atoms with E-state index in [4.69, 9.17) is 17.2 Å². The van der Waals surface area contributed by atoms with Crippen molar-refractivity contribution in [3.8, 4) is 11.8 Å². The van der Waals surface area contributed by atoms with Crippen molar-refractivity contribution in [1.82, 2.24) is 5.32 Å². The highest BCUT2D eigenvalue weighted by molar-refractivity contribution is 5.97. The van der Waals surface area contributed by atoms with E-state index in [-0.39, 0.29) is 0 Å². The molecule has 0 spiro atoms. The van der Waals surface area contributed by atoms with Gasteiger partial charge in [0.25, 0.3) is 5.91 Å². The summed E-state index contributed by atoms with van der Waals surface area (Å²) in [7, 11) is 1.50. The highest BCUT2D eigenvalue weighted by Gasteiger charge is 2.22. The summed E-state index contributed by atoms with van der Waals surface area (Å²) < 4.78 is 0. The maximum atomic E-state index is 12.2. The van der Waals surface area contributed by atoms with Crippen LogP contribution in [-0.2, 0) is 11.3 Å². The van der Waals surface area contributed by atoms with Crippen molar-refractivity contribution in [1.29, 1.82) is 0 Å². The van der Waals surface area contributed by atoms with E-state index in [1.165, 1.54) is 13.4 Å². The molecule has 158 valence electrons. The Morgan fingerprint density at radius 1 is 1.03 bits per heavy atom. The van der Waals surface area contributed by atoms with Crippen molar-refractivity contribution in [2.75, 3.05) is 7.05 Å². The van der Waals surface area contributed by atoms with Gasteiger partial charge in [-0.2, -0.15) is 0 Å². The van der Waals surface area contributed by atoms with Crippen LogP contribution in [0.1, 0.15) is 34.0 Å². The molecule has 8 heteroatoms. The van der Waals surface area contributed by atoms with Gasteiger partial charge in [-0.25, -0.2) is 0 Å². The Hall–Kier alpha value is -3.67. The normalized spacial score (nSPS) is 12.0. The Labute approximate surface area is 176 Å². The zero-order valence-electron chi connectivity index (χ0n) is 17.1. The van der Waals surface area contributed by atoms with Crippen LogP contribution in [-0.4, -0.2) is 37.3 Å². The van der Waals surface area contributed by atoms with Crippen molar-refractivity contribution in [3.05, 3.63) is 70.8 Å². The minimum atomic E-state index is -0.925. The van der Waals surface area contributed by atoms with E-state index < -0.39 is 23.9 Å². The molecule has 0 fully saturated rings. The molecular formula is C22H28N6O2. The van der Waals surface area contributed by atoms with Crippen LogP contribution in [0.15, 0.2) is 53.5 Å². The molecule has 0 saturated carbocycles. The standard InChI is InChI=1S/C21H23N5O2.CH5N/c1-14(23)19(20(24)27)26-21(28)18-10-8-16(9-11-18)3-2-15-4-6-17(7-5-15)12-25-13-22;1-2/h4-11,13-14,19H,12,23H2,1H3,(H2,22,25)(H2,24,27)(H,26,28);2H2,1H3. The first-order chi connectivity index (χ1) is 14.4. The van der Waals surface area contributed by atoms with Gasteiger partial charge in [-0.1, -0.05) is 24.0 Å². The Kier molecular flexibility index (Phi) is 10.3. The molecule has 2 rings (SSSR count). The van der Waals surface area contributed by atoms with Gasteiger partial charge >= 0.3 is 0 Å².